The maximum Gasteiger partial charge on any atom is 0.153 e. The Balaban J connectivity index is 0.00000121. The monoisotopic (exact) mass is 272 g/mol. The molecule has 0 saturated heterocycles. The number of benzene rings is 1. The van der Waals surface area contributed by atoms with E-state index in [-0.39, 0.29) is 35.2 Å². The molecule has 1 aromatic rings. The number of carbonyl (C=O) groups excluding carboxylic acids is 1. The van der Waals surface area contributed by atoms with Gasteiger partial charge in [0.15, 0.2) is 6.29 Å². The second-order valence-corrected chi connectivity index (χ2v) is 2.04. The van der Waals surface area contributed by atoms with Gasteiger partial charge in [0.1, 0.15) is 11.5 Å². The second kappa shape index (κ2) is 5.03. The van der Waals surface area contributed by atoms with E-state index in [9.17, 15) is 4.79 Å². The van der Waals surface area contributed by atoms with Crippen molar-refractivity contribution in [3.63, 3.8) is 0 Å². The average molecular weight is 271 g/mol. The zero-order valence-corrected chi connectivity index (χ0v) is 9.43. The summed E-state index contributed by atoms with van der Waals surface area (Å²) in [5.41, 5.74) is 0.240. The Morgan fingerprint density at radius 3 is 2.67 bits per heavy atom. The van der Waals surface area contributed by atoms with Crippen LogP contribution in [0.3, 0.4) is 0 Å². The van der Waals surface area contributed by atoms with Crippen molar-refractivity contribution in [2.45, 2.75) is 0 Å². The minimum Gasteiger partial charge on any atom is -0.507 e. The third-order valence-electron chi connectivity index (χ3n) is 1.36. The first-order valence-electron chi connectivity index (χ1n) is 3.10. The van der Waals surface area contributed by atoms with Crippen molar-refractivity contribution in [2.75, 3.05) is 7.11 Å². The first-order valence-corrected chi connectivity index (χ1v) is 3.10. The number of ether oxygens (including phenoxy) is 1. The maximum absolute atomic E-state index is 10.3. The summed E-state index contributed by atoms with van der Waals surface area (Å²) in [6, 6.07) is 4.48. The van der Waals surface area contributed by atoms with Crippen molar-refractivity contribution in [2.24, 2.45) is 0 Å². The Hall–Kier alpha value is -0.711. The molecule has 0 atom stereocenters. The van der Waals surface area contributed by atoms with Crippen molar-refractivity contribution in [3.8, 4) is 11.5 Å². The number of hydrogen-bond donors (Lipinski definition) is 1. The second-order valence-electron chi connectivity index (χ2n) is 2.04. The van der Waals surface area contributed by atoms with Gasteiger partial charge in [-0.3, -0.25) is 4.79 Å². The Morgan fingerprint density at radius 1 is 1.50 bits per heavy atom. The molecule has 12 heavy (non-hydrogen) atoms. The molecule has 1 aromatic carbocycles. The Kier molecular flexibility index (Phi) is 4.73. The number of aromatic hydroxyl groups is 1. The van der Waals surface area contributed by atoms with Gasteiger partial charge in [0.05, 0.1) is 12.7 Å². The van der Waals surface area contributed by atoms with Crippen molar-refractivity contribution < 1.29 is 14.6 Å². The fourth-order valence-corrected chi connectivity index (χ4v) is 0.754. The molecule has 1 rings (SSSR count). The molecule has 0 saturated carbocycles. The van der Waals surface area contributed by atoms with Crippen molar-refractivity contribution >= 4 is 30.2 Å². The molecular formula is C8H8O3Sn. The molecule has 4 radical (unpaired) electrons. The molecule has 0 aromatic heterocycles. The SMILES string of the molecule is COc1ccc(O)c(C=O)c1.[Sn]. The smallest absolute Gasteiger partial charge is 0.153 e. The third kappa shape index (κ3) is 2.41. The first-order chi connectivity index (χ1) is 5.27. The number of phenols is 1. The summed E-state index contributed by atoms with van der Waals surface area (Å²) in [4.78, 5) is 10.3. The number of rotatable bonds is 2. The summed E-state index contributed by atoms with van der Waals surface area (Å²) >= 11 is 0. The van der Waals surface area contributed by atoms with E-state index in [1.54, 1.807) is 6.07 Å². The molecule has 3 nitrogen and oxygen atoms in total. The zero-order chi connectivity index (χ0) is 8.27. The minimum atomic E-state index is -0.0270. The summed E-state index contributed by atoms with van der Waals surface area (Å²) < 4.78 is 4.84. The zero-order valence-electron chi connectivity index (χ0n) is 6.57. The average Bonchev–Trinajstić information content (AvgIpc) is 2.05. The van der Waals surface area contributed by atoms with Gasteiger partial charge < -0.3 is 9.84 Å². The number of methoxy groups -OCH3 is 1. The van der Waals surface area contributed by atoms with Crippen LogP contribution in [0.15, 0.2) is 18.2 Å². The van der Waals surface area contributed by atoms with Gasteiger partial charge in [0.25, 0.3) is 0 Å². The van der Waals surface area contributed by atoms with Crippen LogP contribution in [0.2, 0.25) is 0 Å². The van der Waals surface area contributed by atoms with Crippen molar-refractivity contribution in [3.05, 3.63) is 23.8 Å². The summed E-state index contributed by atoms with van der Waals surface area (Å²) in [6.07, 6.45) is 0.581. The van der Waals surface area contributed by atoms with E-state index in [1.807, 2.05) is 0 Å². The summed E-state index contributed by atoms with van der Waals surface area (Å²) in [5, 5.41) is 9.04. The minimum absolute atomic E-state index is 0. The Bertz CT molecular complexity index is 273. The van der Waals surface area contributed by atoms with Crippen LogP contribution in [0.1, 0.15) is 10.4 Å². The fraction of sp³-hybridized carbons (Fsp3) is 0.125. The van der Waals surface area contributed by atoms with Gasteiger partial charge in [0.2, 0.25) is 0 Å². The van der Waals surface area contributed by atoms with E-state index >= 15 is 0 Å². The predicted octanol–water partition coefficient (Wildman–Crippen LogP) is 0.833. The van der Waals surface area contributed by atoms with Crippen LogP contribution in [-0.2, 0) is 0 Å². The molecule has 0 fully saturated rings. The predicted molar refractivity (Wildman–Crippen MR) is 45.8 cm³/mol. The molecule has 0 aliphatic carbocycles. The maximum atomic E-state index is 10.3. The summed E-state index contributed by atoms with van der Waals surface area (Å²) in [5.74, 6) is 0.533. The molecular weight excluding hydrogens is 263 g/mol. The molecule has 4 heteroatoms. The standard InChI is InChI=1S/C8H8O3.Sn/c1-11-7-2-3-8(10)6(4-7)5-9;/h2-5,10H,1H3;. The molecule has 1 N–H and O–H groups in total. The van der Waals surface area contributed by atoms with Crippen LogP contribution in [0.5, 0.6) is 11.5 Å². The topological polar surface area (TPSA) is 46.5 Å². The van der Waals surface area contributed by atoms with Crippen molar-refractivity contribution in [1.82, 2.24) is 0 Å². The number of aldehydes is 1. The van der Waals surface area contributed by atoms with Gasteiger partial charge in [-0.25, -0.2) is 0 Å². The molecule has 0 unspecified atom stereocenters. The van der Waals surface area contributed by atoms with Gasteiger partial charge in [0, 0.05) is 23.9 Å². The van der Waals surface area contributed by atoms with Gasteiger partial charge in [-0.1, -0.05) is 0 Å². The quantitative estimate of drug-likeness (QED) is 0.640. The number of phenolic OH excluding ortho intramolecular Hbond substituents is 1. The molecule has 62 valence electrons. The van der Waals surface area contributed by atoms with E-state index in [0.29, 0.717) is 12.0 Å². The summed E-state index contributed by atoms with van der Waals surface area (Å²) in [6.45, 7) is 0. The van der Waals surface area contributed by atoms with Crippen LogP contribution in [0, 0.1) is 0 Å². The summed E-state index contributed by atoms with van der Waals surface area (Å²) in [7, 11) is 1.50. The fourth-order valence-electron chi connectivity index (χ4n) is 0.754. The molecule has 0 heterocycles. The molecule has 0 bridgehead atoms. The van der Waals surface area contributed by atoms with E-state index in [0.717, 1.165) is 0 Å². The third-order valence-corrected chi connectivity index (χ3v) is 1.36. The molecule has 0 aliphatic rings. The number of hydrogen-bond acceptors (Lipinski definition) is 3. The molecule has 0 aliphatic heterocycles. The van der Waals surface area contributed by atoms with Crippen LogP contribution < -0.4 is 4.74 Å². The van der Waals surface area contributed by atoms with E-state index in [4.69, 9.17) is 9.84 Å². The van der Waals surface area contributed by atoms with Gasteiger partial charge in [-0.05, 0) is 18.2 Å². The van der Waals surface area contributed by atoms with Crippen LogP contribution >= 0.6 is 0 Å². The van der Waals surface area contributed by atoms with Gasteiger partial charge in [-0.15, -0.1) is 0 Å². The first kappa shape index (κ1) is 11.3. The number of carbonyl (C=O) groups is 1. The molecule has 0 amide bonds. The van der Waals surface area contributed by atoms with E-state index in [1.165, 1.54) is 19.2 Å². The van der Waals surface area contributed by atoms with E-state index in [2.05, 4.69) is 0 Å². The van der Waals surface area contributed by atoms with Gasteiger partial charge >= 0.3 is 0 Å². The Morgan fingerprint density at radius 2 is 2.17 bits per heavy atom. The van der Waals surface area contributed by atoms with Crippen LogP contribution in [-0.4, -0.2) is 42.4 Å². The largest absolute Gasteiger partial charge is 0.507 e. The van der Waals surface area contributed by atoms with Gasteiger partial charge in [-0.2, -0.15) is 0 Å². The molecule has 0 spiro atoms. The van der Waals surface area contributed by atoms with Crippen LogP contribution in [0.4, 0.5) is 0 Å². The van der Waals surface area contributed by atoms with Crippen LogP contribution in [0.25, 0.3) is 0 Å². The normalized spacial score (nSPS) is 8.42. The van der Waals surface area contributed by atoms with E-state index < -0.39 is 0 Å². The Labute approximate surface area is 87.3 Å². The van der Waals surface area contributed by atoms with Crippen molar-refractivity contribution in [1.29, 1.82) is 0 Å².